The number of aliphatic carboxylic acids is 1. The molecular weight excluding hydrogens is 385 g/mol. The summed E-state index contributed by atoms with van der Waals surface area (Å²) >= 11 is 0. The maximum Gasteiger partial charge on any atom is 0.341 e. The SMILES string of the molecule is Cc1cccc(-c2nc(Cc3c(C)cc(OCC(=O)O)c(C)c3C)ccc2O)c1F. The molecule has 0 amide bonds. The number of ether oxygens (including phenoxy) is 1. The molecule has 3 rings (SSSR count). The van der Waals surface area contributed by atoms with Crippen LogP contribution in [0.1, 0.15) is 33.5 Å². The Hall–Kier alpha value is -3.41. The third kappa shape index (κ3) is 4.27. The molecule has 0 atom stereocenters. The Morgan fingerprint density at radius 3 is 2.50 bits per heavy atom. The van der Waals surface area contributed by atoms with Crippen LogP contribution in [0.5, 0.6) is 11.5 Å². The van der Waals surface area contributed by atoms with E-state index < -0.39 is 18.4 Å². The third-order valence-corrected chi connectivity index (χ3v) is 5.30. The highest BCUT2D eigenvalue weighted by atomic mass is 19.1. The van der Waals surface area contributed by atoms with Gasteiger partial charge in [-0.3, -0.25) is 0 Å². The van der Waals surface area contributed by atoms with Gasteiger partial charge < -0.3 is 14.9 Å². The fourth-order valence-corrected chi connectivity index (χ4v) is 3.46. The largest absolute Gasteiger partial charge is 0.506 e. The van der Waals surface area contributed by atoms with Crippen molar-refractivity contribution in [2.75, 3.05) is 6.61 Å². The van der Waals surface area contributed by atoms with E-state index in [1.165, 1.54) is 6.07 Å². The molecule has 0 spiro atoms. The van der Waals surface area contributed by atoms with Gasteiger partial charge >= 0.3 is 5.97 Å². The summed E-state index contributed by atoms with van der Waals surface area (Å²) in [6.07, 6.45) is 0.485. The average molecular weight is 409 g/mol. The van der Waals surface area contributed by atoms with E-state index in [4.69, 9.17) is 9.84 Å². The van der Waals surface area contributed by atoms with Gasteiger partial charge in [-0.2, -0.15) is 0 Å². The minimum absolute atomic E-state index is 0.0784. The zero-order valence-corrected chi connectivity index (χ0v) is 17.4. The lowest BCUT2D eigenvalue weighted by Gasteiger charge is -2.17. The molecule has 0 bridgehead atoms. The fourth-order valence-electron chi connectivity index (χ4n) is 3.46. The molecular formula is C24H24FNO4. The average Bonchev–Trinajstić information content (AvgIpc) is 2.70. The highest BCUT2D eigenvalue weighted by molar-refractivity contribution is 5.69. The number of carboxylic acid groups (broad SMARTS) is 1. The first-order valence-corrected chi connectivity index (χ1v) is 9.57. The minimum Gasteiger partial charge on any atom is -0.506 e. The topological polar surface area (TPSA) is 79.7 Å². The monoisotopic (exact) mass is 409 g/mol. The Balaban J connectivity index is 1.98. The Kier molecular flexibility index (Phi) is 6.06. The van der Waals surface area contributed by atoms with Crippen LogP contribution < -0.4 is 4.74 Å². The number of pyridine rings is 1. The van der Waals surface area contributed by atoms with Crippen LogP contribution in [-0.4, -0.2) is 27.8 Å². The van der Waals surface area contributed by atoms with Crippen molar-refractivity contribution in [1.82, 2.24) is 4.98 Å². The number of aryl methyl sites for hydroxylation is 2. The smallest absolute Gasteiger partial charge is 0.341 e. The van der Waals surface area contributed by atoms with Gasteiger partial charge in [0, 0.05) is 17.7 Å². The number of hydrogen-bond donors (Lipinski definition) is 2. The number of carboxylic acids is 1. The molecule has 1 aromatic heterocycles. The number of aromatic hydroxyl groups is 1. The molecule has 30 heavy (non-hydrogen) atoms. The number of nitrogens with zero attached hydrogens (tertiary/aromatic N) is 1. The van der Waals surface area contributed by atoms with Crippen molar-refractivity contribution in [3.05, 3.63) is 75.7 Å². The van der Waals surface area contributed by atoms with E-state index in [2.05, 4.69) is 4.98 Å². The predicted molar refractivity (Wildman–Crippen MR) is 113 cm³/mol. The summed E-state index contributed by atoms with van der Waals surface area (Å²) in [6.45, 7) is 7.03. The van der Waals surface area contributed by atoms with E-state index in [1.807, 2.05) is 26.8 Å². The van der Waals surface area contributed by atoms with Crippen LogP contribution in [-0.2, 0) is 11.2 Å². The molecule has 0 radical (unpaired) electrons. The molecule has 3 aromatic rings. The Labute approximate surface area is 174 Å². The summed E-state index contributed by atoms with van der Waals surface area (Å²) in [6, 6.07) is 10.1. The third-order valence-electron chi connectivity index (χ3n) is 5.30. The van der Waals surface area contributed by atoms with E-state index in [0.29, 0.717) is 23.4 Å². The summed E-state index contributed by atoms with van der Waals surface area (Å²) in [5.74, 6) is -0.971. The van der Waals surface area contributed by atoms with Gasteiger partial charge in [0.15, 0.2) is 6.61 Å². The van der Waals surface area contributed by atoms with E-state index in [0.717, 1.165) is 22.3 Å². The lowest BCUT2D eigenvalue weighted by molar-refractivity contribution is -0.139. The van der Waals surface area contributed by atoms with Gasteiger partial charge in [-0.15, -0.1) is 0 Å². The lowest BCUT2D eigenvalue weighted by Crippen LogP contribution is -2.11. The number of halogens is 1. The molecule has 0 saturated carbocycles. The minimum atomic E-state index is -1.03. The number of hydrogen-bond acceptors (Lipinski definition) is 4. The molecule has 0 aliphatic carbocycles. The van der Waals surface area contributed by atoms with Crippen molar-refractivity contribution in [3.63, 3.8) is 0 Å². The van der Waals surface area contributed by atoms with Gasteiger partial charge in [-0.05, 0) is 79.8 Å². The second-order valence-electron chi connectivity index (χ2n) is 7.39. The Bertz CT molecular complexity index is 1120. The van der Waals surface area contributed by atoms with Crippen molar-refractivity contribution < 1.29 is 24.1 Å². The van der Waals surface area contributed by atoms with Gasteiger partial charge in [0.05, 0.1) is 0 Å². The highest BCUT2D eigenvalue weighted by Crippen LogP contribution is 2.33. The first kappa shape index (κ1) is 21.3. The summed E-state index contributed by atoms with van der Waals surface area (Å²) < 4.78 is 20.0. The van der Waals surface area contributed by atoms with E-state index in [9.17, 15) is 14.3 Å². The summed E-state index contributed by atoms with van der Waals surface area (Å²) in [7, 11) is 0. The van der Waals surface area contributed by atoms with Gasteiger partial charge in [0.25, 0.3) is 0 Å². The van der Waals surface area contributed by atoms with E-state index in [1.54, 1.807) is 31.2 Å². The van der Waals surface area contributed by atoms with Gasteiger partial charge in [0.1, 0.15) is 23.0 Å². The lowest BCUT2D eigenvalue weighted by atomic mass is 9.93. The fraction of sp³-hybridized carbons (Fsp3) is 0.250. The van der Waals surface area contributed by atoms with Gasteiger partial charge in [-0.25, -0.2) is 14.2 Å². The Morgan fingerprint density at radius 2 is 1.80 bits per heavy atom. The molecule has 0 aliphatic rings. The second kappa shape index (κ2) is 8.53. The van der Waals surface area contributed by atoms with Gasteiger partial charge in [-0.1, -0.05) is 12.1 Å². The first-order valence-electron chi connectivity index (χ1n) is 9.57. The molecule has 5 nitrogen and oxygen atoms in total. The molecule has 156 valence electrons. The summed E-state index contributed by atoms with van der Waals surface area (Å²) in [5.41, 5.74) is 5.46. The number of benzene rings is 2. The molecule has 2 N–H and O–H groups in total. The highest BCUT2D eigenvalue weighted by Gasteiger charge is 2.16. The maximum absolute atomic E-state index is 14.6. The zero-order chi connectivity index (χ0) is 22.0. The normalized spacial score (nSPS) is 10.8. The van der Waals surface area contributed by atoms with Crippen LogP contribution in [0.2, 0.25) is 0 Å². The second-order valence-corrected chi connectivity index (χ2v) is 7.39. The van der Waals surface area contributed by atoms with Crippen LogP contribution in [0.4, 0.5) is 4.39 Å². The van der Waals surface area contributed by atoms with Crippen molar-refractivity contribution in [3.8, 4) is 22.8 Å². The quantitative estimate of drug-likeness (QED) is 0.607. The predicted octanol–water partition coefficient (Wildman–Crippen LogP) is 4.88. The Morgan fingerprint density at radius 1 is 1.07 bits per heavy atom. The molecule has 1 heterocycles. The molecule has 0 unspecified atom stereocenters. The summed E-state index contributed by atoms with van der Waals surface area (Å²) in [5, 5.41) is 19.1. The maximum atomic E-state index is 14.6. The first-order chi connectivity index (χ1) is 14.2. The van der Waals surface area contributed by atoms with Gasteiger partial charge in [0.2, 0.25) is 0 Å². The zero-order valence-electron chi connectivity index (χ0n) is 17.4. The van der Waals surface area contributed by atoms with Crippen molar-refractivity contribution >= 4 is 5.97 Å². The van der Waals surface area contributed by atoms with E-state index in [-0.39, 0.29) is 17.0 Å². The van der Waals surface area contributed by atoms with Crippen LogP contribution in [0.15, 0.2) is 36.4 Å². The van der Waals surface area contributed by atoms with Crippen molar-refractivity contribution in [2.24, 2.45) is 0 Å². The van der Waals surface area contributed by atoms with Crippen molar-refractivity contribution in [1.29, 1.82) is 0 Å². The van der Waals surface area contributed by atoms with Crippen LogP contribution >= 0.6 is 0 Å². The molecule has 2 aromatic carbocycles. The standard InChI is InChI=1S/C24H24FNO4/c1-13-6-5-7-18(23(13)25)24-20(27)9-8-17(26-24)11-19-14(2)10-21(16(4)15(19)3)30-12-22(28)29/h5-10,27H,11-12H2,1-4H3,(H,28,29). The number of rotatable bonds is 6. The number of aromatic nitrogens is 1. The van der Waals surface area contributed by atoms with Crippen LogP contribution in [0.25, 0.3) is 11.3 Å². The van der Waals surface area contributed by atoms with Crippen LogP contribution in [0, 0.1) is 33.5 Å². The molecule has 0 fully saturated rings. The molecule has 6 heteroatoms. The van der Waals surface area contributed by atoms with E-state index >= 15 is 0 Å². The molecule has 0 saturated heterocycles. The number of carbonyl (C=O) groups is 1. The summed E-state index contributed by atoms with van der Waals surface area (Å²) in [4.78, 5) is 15.3. The van der Waals surface area contributed by atoms with Crippen LogP contribution in [0.3, 0.4) is 0 Å². The molecule has 0 aliphatic heterocycles. The van der Waals surface area contributed by atoms with Crippen molar-refractivity contribution in [2.45, 2.75) is 34.1 Å².